The number of fused-ring (bicyclic) bond motifs is 1. The molecule has 0 unspecified atom stereocenters. The van der Waals surface area contributed by atoms with Gasteiger partial charge in [-0.25, -0.2) is 4.98 Å². The Kier molecular flexibility index (Phi) is 2.79. The molecule has 2 nitrogen and oxygen atoms in total. The number of halogens is 1. The molecule has 0 atom stereocenters. The summed E-state index contributed by atoms with van der Waals surface area (Å²) in [6.45, 7) is 0.690. The van der Waals surface area contributed by atoms with Crippen molar-refractivity contribution in [2.24, 2.45) is 5.73 Å². The Morgan fingerprint density at radius 1 is 1.21 bits per heavy atom. The lowest BCUT2D eigenvalue weighted by Gasteiger charge is -2.01. The molecule has 0 spiro atoms. The lowest BCUT2D eigenvalue weighted by Crippen LogP contribution is -2.02. The molecule has 0 aliphatic heterocycles. The van der Waals surface area contributed by atoms with Gasteiger partial charge in [0.2, 0.25) is 0 Å². The monoisotopic (exact) mass is 250 g/mol. The van der Waals surface area contributed by atoms with Crippen molar-refractivity contribution in [2.75, 3.05) is 6.54 Å². The highest BCUT2D eigenvalue weighted by atomic mass is 79.9. The van der Waals surface area contributed by atoms with Gasteiger partial charge in [0.15, 0.2) is 0 Å². The summed E-state index contributed by atoms with van der Waals surface area (Å²) in [5.74, 6) is 0. The predicted molar refractivity (Wildman–Crippen MR) is 62.2 cm³/mol. The van der Waals surface area contributed by atoms with Gasteiger partial charge in [-0.1, -0.05) is 12.1 Å². The molecule has 0 aliphatic rings. The first-order valence-corrected chi connectivity index (χ1v) is 5.34. The minimum atomic E-state index is 0.690. The van der Waals surface area contributed by atoms with Crippen LogP contribution in [0.3, 0.4) is 0 Å². The summed E-state index contributed by atoms with van der Waals surface area (Å²) in [4.78, 5) is 4.36. The summed E-state index contributed by atoms with van der Waals surface area (Å²) < 4.78 is 0.872. The van der Waals surface area contributed by atoms with Gasteiger partial charge >= 0.3 is 0 Å². The molecule has 0 saturated heterocycles. The van der Waals surface area contributed by atoms with Crippen molar-refractivity contribution >= 4 is 26.8 Å². The van der Waals surface area contributed by atoms with E-state index in [2.05, 4.69) is 39.1 Å². The van der Waals surface area contributed by atoms with E-state index in [0.717, 1.165) is 16.5 Å². The number of rotatable bonds is 2. The van der Waals surface area contributed by atoms with Gasteiger partial charge in [-0.15, -0.1) is 0 Å². The third-order valence-corrected chi connectivity index (χ3v) is 2.59. The smallest absolute Gasteiger partial charge is 0.106 e. The van der Waals surface area contributed by atoms with E-state index < -0.39 is 0 Å². The van der Waals surface area contributed by atoms with E-state index in [4.69, 9.17) is 5.73 Å². The molecule has 14 heavy (non-hydrogen) atoms. The van der Waals surface area contributed by atoms with Gasteiger partial charge in [-0.2, -0.15) is 0 Å². The second kappa shape index (κ2) is 4.07. The van der Waals surface area contributed by atoms with Crippen molar-refractivity contribution in [1.82, 2.24) is 4.98 Å². The maximum absolute atomic E-state index is 5.51. The summed E-state index contributed by atoms with van der Waals surface area (Å²) in [6.07, 6.45) is 0.923. The van der Waals surface area contributed by atoms with Crippen molar-refractivity contribution in [3.63, 3.8) is 0 Å². The lowest BCUT2D eigenvalue weighted by molar-refractivity contribution is 0.970. The molecule has 1 heterocycles. The van der Waals surface area contributed by atoms with E-state index in [0.29, 0.717) is 6.54 Å². The van der Waals surface area contributed by atoms with Gasteiger partial charge in [0.1, 0.15) is 4.60 Å². The molecule has 1 aromatic carbocycles. The van der Waals surface area contributed by atoms with Crippen LogP contribution in [0.2, 0.25) is 0 Å². The quantitative estimate of drug-likeness (QED) is 0.833. The highest BCUT2D eigenvalue weighted by Crippen LogP contribution is 2.17. The fourth-order valence-electron chi connectivity index (χ4n) is 1.47. The molecule has 2 N–H and O–H groups in total. The van der Waals surface area contributed by atoms with Crippen molar-refractivity contribution < 1.29 is 0 Å². The number of benzene rings is 1. The average Bonchev–Trinajstić information content (AvgIpc) is 2.19. The first kappa shape index (κ1) is 9.62. The van der Waals surface area contributed by atoms with Gasteiger partial charge in [0.25, 0.3) is 0 Å². The van der Waals surface area contributed by atoms with Crippen molar-refractivity contribution in [1.29, 1.82) is 0 Å². The van der Waals surface area contributed by atoms with Gasteiger partial charge < -0.3 is 5.73 Å². The minimum Gasteiger partial charge on any atom is -0.330 e. The zero-order chi connectivity index (χ0) is 9.97. The molecular formula is C11H11BrN2. The topological polar surface area (TPSA) is 38.9 Å². The fourth-order valence-corrected chi connectivity index (χ4v) is 1.80. The number of aromatic nitrogens is 1. The van der Waals surface area contributed by atoms with E-state index in [9.17, 15) is 0 Å². The second-order valence-electron chi connectivity index (χ2n) is 3.20. The lowest BCUT2D eigenvalue weighted by atomic mass is 10.1. The number of pyridine rings is 1. The van der Waals surface area contributed by atoms with Crippen molar-refractivity contribution in [3.05, 3.63) is 40.5 Å². The Balaban J connectivity index is 2.50. The Hall–Kier alpha value is -0.930. The first-order chi connectivity index (χ1) is 6.79. The van der Waals surface area contributed by atoms with Crippen LogP contribution in [0.15, 0.2) is 34.9 Å². The Morgan fingerprint density at radius 2 is 2.07 bits per heavy atom. The Morgan fingerprint density at radius 3 is 2.86 bits per heavy atom. The van der Waals surface area contributed by atoms with Crippen molar-refractivity contribution in [2.45, 2.75) is 6.42 Å². The van der Waals surface area contributed by atoms with E-state index in [1.54, 1.807) is 0 Å². The van der Waals surface area contributed by atoms with Crippen LogP contribution in [0.25, 0.3) is 10.9 Å². The van der Waals surface area contributed by atoms with Crippen LogP contribution in [0.1, 0.15) is 5.56 Å². The van der Waals surface area contributed by atoms with E-state index in [1.807, 2.05) is 12.1 Å². The molecule has 2 rings (SSSR count). The van der Waals surface area contributed by atoms with Gasteiger partial charge in [0, 0.05) is 5.39 Å². The van der Waals surface area contributed by atoms with Crippen LogP contribution in [0.5, 0.6) is 0 Å². The number of nitrogens with zero attached hydrogens (tertiary/aromatic N) is 1. The molecule has 0 saturated carbocycles. The minimum absolute atomic E-state index is 0.690. The summed E-state index contributed by atoms with van der Waals surface area (Å²) >= 11 is 3.35. The van der Waals surface area contributed by atoms with Gasteiger partial charge in [0.05, 0.1) is 5.52 Å². The predicted octanol–water partition coefficient (Wildman–Crippen LogP) is 2.50. The Labute approximate surface area is 91.3 Å². The van der Waals surface area contributed by atoms with Crippen LogP contribution >= 0.6 is 15.9 Å². The Bertz CT molecular complexity index is 454. The molecule has 0 radical (unpaired) electrons. The molecule has 0 bridgehead atoms. The van der Waals surface area contributed by atoms with E-state index in [-0.39, 0.29) is 0 Å². The summed E-state index contributed by atoms with van der Waals surface area (Å²) in [6, 6.07) is 10.3. The van der Waals surface area contributed by atoms with Crippen LogP contribution in [0, 0.1) is 0 Å². The zero-order valence-corrected chi connectivity index (χ0v) is 9.29. The zero-order valence-electron chi connectivity index (χ0n) is 7.70. The first-order valence-electron chi connectivity index (χ1n) is 4.55. The maximum Gasteiger partial charge on any atom is 0.106 e. The standard InChI is InChI=1S/C11H11BrN2/c12-11-4-2-9-7-8(5-6-13)1-3-10(9)14-11/h1-4,7H,5-6,13H2. The maximum atomic E-state index is 5.51. The third-order valence-electron chi connectivity index (χ3n) is 2.15. The summed E-state index contributed by atoms with van der Waals surface area (Å²) in [5, 5.41) is 1.17. The molecular weight excluding hydrogens is 240 g/mol. The number of hydrogen-bond donors (Lipinski definition) is 1. The SMILES string of the molecule is NCCc1ccc2nc(Br)ccc2c1. The summed E-state index contributed by atoms with van der Waals surface area (Å²) in [5.41, 5.74) is 7.79. The van der Waals surface area contributed by atoms with Crippen LogP contribution in [-0.4, -0.2) is 11.5 Å². The molecule has 0 fully saturated rings. The molecule has 1 aromatic heterocycles. The number of nitrogens with two attached hydrogens (primary N) is 1. The van der Waals surface area contributed by atoms with Crippen molar-refractivity contribution in [3.8, 4) is 0 Å². The largest absolute Gasteiger partial charge is 0.330 e. The second-order valence-corrected chi connectivity index (χ2v) is 4.01. The summed E-state index contributed by atoms with van der Waals surface area (Å²) in [7, 11) is 0. The molecule has 3 heteroatoms. The van der Waals surface area contributed by atoms with Crippen LogP contribution < -0.4 is 5.73 Å². The van der Waals surface area contributed by atoms with E-state index >= 15 is 0 Å². The van der Waals surface area contributed by atoms with Crippen LogP contribution in [0.4, 0.5) is 0 Å². The molecule has 2 aromatic rings. The molecule has 0 amide bonds. The van der Waals surface area contributed by atoms with Gasteiger partial charge in [-0.3, -0.25) is 0 Å². The third kappa shape index (κ3) is 1.94. The molecule has 0 aliphatic carbocycles. The van der Waals surface area contributed by atoms with E-state index in [1.165, 1.54) is 10.9 Å². The van der Waals surface area contributed by atoms with Gasteiger partial charge in [-0.05, 0) is 52.7 Å². The normalized spacial score (nSPS) is 10.7. The average molecular weight is 251 g/mol. The van der Waals surface area contributed by atoms with Crippen LogP contribution in [-0.2, 0) is 6.42 Å². The highest BCUT2D eigenvalue weighted by Gasteiger charge is 1.97. The fraction of sp³-hybridized carbons (Fsp3) is 0.182. The highest BCUT2D eigenvalue weighted by molar-refractivity contribution is 9.10. The number of hydrogen-bond acceptors (Lipinski definition) is 2. The molecule has 72 valence electrons.